The fraction of sp³-hybridized carbons (Fsp3) is 0.125. The van der Waals surface area contributed by atoms with Gasteiger partial charge in [-0.2, -0.15) is 0 Å². The SMILES string of the molecule is C/C=C/C=C\c1c(O)c(C(C)=O)cc2c(=O)ccoc12. The summed E-state index contributed by atoms with van der Waals surface area (Å²) in [6.07, 6.45) is 8.16. The summed E-state index contributed by atoms with van der Waals surface area (Å²) in [5, 5.41) is 10.5. The summed E-state index contributed by atoms with van der Waals surface area (Å²) in [6.45, 7) is 3.19. The summed E-state index contributed by atoms with van der Waals surface area (Å²) in [7, 11) is 0. The van der Waals surface area contributed by atoms with Crippen LogP contribution < -0.4 is 5.43 Å². The molecule has 0 saturated heterocycles. The number of phenolic OH excluding ortho intramolecular Hbond substituents is 1. The highest BCUT2D eigenvalue weighted by atomic mass is 16.3. The molecule has 0 bridgehead atoms. The normalized spacial score (nSPS) is 11.7. The first-order valence-electron chi connectivity index (χ1n) is 6.14. The van der Waals surface area contributed by atoms with E-state index in [1.54, 1.807) is 18.2 Å². The van der Waals surface area contributed by atoms with Crippen LogP contribution in [0.1, 0.15) is 29.8 Å². The van der Waals surface area contributed by atoms with Gasteiger partial charge in [-0.25, -0.2) is 0 Å². The van der Waals surface area contributed by atoms with Crippen LogP contribution in [0.15, 0.2) is 45.8 Å². The van der Waals surface area contributed by atoms with Crippen molar-refractivity contribution in [3.63, 3.8) is 0 Å². The van der Waals surface area contributed by atoms with Crippen molar-refractivity contribution >= 4 is 22.8 Å². The van der Waals surface area contributed by atoms with Crippen molar-refractivity contribution in [3.05, 3.63) is 58.0 Å². The van der Waals surface area contributed by atoms with Gasteiger partial charge in [0.25, 0.3) is 0 Å². The van der Waals surface area contributed by atoms with Crippen molar-refractivity contribution < 1.29 is 14.3 Å². The minimum absolute atomic E-state index is 0.108. The fourth-order valence-corrected chi connectivity index (χ4v) is 1.93. The maximum absolute atomic E-state index is 11.9. The monoisotopic (exact) mass is 270 g/mol. The third-order valence-electron chi connectivity index (χ3n) is 2.90. The van der Waals surface area contributed by atoms with Crippen molar-refractivity contribution in [2.75, 3.05) is 0 Å². The number of rotatable bonds is 3. The first-order valence-corrected chi connectivity index (χ1v) is 6.14. The van der Waals surface area contributed by atoms with E-state index in [-0.39, 0.29) is 33.5 Å². The largest absolute Gasteiger partial charge is 0.506 e. The van der Waals surface area contributed by atoms with E-state index in [1.165, 1.54) is 25.3 Å². The van der Waals surface area contributed by atoms with Crippen molar-refractivity contribution in [1.82, 2.24) is 0 Å². The fourth-order valence-electron chi connectivity index (χ4n) is 1.93. The number of benzene rings is 1. The standard InChI is InChI=1S/C16H14O4/c1-3-4-5-6-11-15(19)12(10(2)17)9-13-14(18)7-8-20-16(11)13/h3-9,19H,1-2H3/b4-3+,6-5-. The van der Waals surface area contributed by atoms with Crippen LogP contribution in [0.2, 0.25) is 0 Å². The van der Waals surface area contributed by atoms with Gasteiger partial charge in [0, 0.05) is 6.07 Å². The second-order valence-electron chi connectivity index (χ2n) is 4.29. The number of ketones is 1. The minimum Gasteiger partial charge on any atom is -0.506 e. The zero-order chi connectivity index (χ0) is 14.7. The predicted octanol–water partition coefficient (Wildman–Crippen LogP) is 3.29. The van der Waals surface area contributed by atoms with Crippen LogP contribution in [0.4, 0.5) is 0 Å². The molecule has 0 unspecified atom stereocenters. The van der Waals surface area contributed by atoms with Crippen molar-refractivity contribution in [2.45, 2.75) is 13.8 Å². The molecule has 0 aliphatic rings. The predicted molar refractivity (Wildman–Crippen MR) is 78.0 cm³/mol. The number of hydrogen-bond acceptors (Lipinski definition) is 4. The van der Waals surface area contributed by atoms with E-state index < -0.39 is 0 Å². The maximum atomic E-state index is 11.9. The Kier molecular flexibility index (Phi) is 3.84. The van der Waals surface area contributed by atoms with Crippen LogP contribution in [0.25, 0.3) is 17.0 Å². The lowest BCUT2D eigenvalue weighted by atomic mass is 10.0. The first-order chi connectivity index (χ1) is 9.56. The summed E-state index contributed by atoms with van der Waals surface area (Å²) >= 11 is 0. The Morgan fingerprint density at radius 2 is 2.10 bits per heavy atom. The highest BCUT2D eigenvalue weighted by Crippen LogP contribution is 2.31. The van der Waals surface area contributed by atoms with Gasteiger partial charge >= 0.3 is 0 Å². The van der Waals surface area contributed by atoms with Crippen LogP contribution in [-0.2, 0) is 0 Å². The van der Waals surface area contributed by atoms with Crippen LogP contribution in [0.3, 0.4) is 0 Å². The number of carbonyl (C=O) groups excluding carboxylic acids is 1. The Morgan fingerprint density at radius 1 is 1.35 bits per heavy atom. The van der Waals surface area contributed by atoms with E-state index in [9.17, 15) is 14.7 Å². The summed E-state index contributed by atoms with van der Waals surface area (Å²) in [5.74, 6) is -0.492. The molecule has 0 radical (unpaired) electrons. The quantitative estimate of drug-likeness (QED) is 0.686. The molecule has 2 aromatic rings. The first kappa shape index (κ1) is 13.8. The van der Waals surface area contributed by atoms with E-state index in [1.807, 2.05) is 13.0 Å². The van der Waals surface area contributed by atoms with E-state index >= 15 is 0 Å². The third kappa shape index (κ3) is 2.40. The maximum Gasteiger partial charge on any atom is 0.192 e. The summed E-state index contributed by atoms with van der Waals surface area (Å²) in [6, 6.07) is 2.65. The molecule has 2 rings (SSSR count). The van der Waals surface area contributed by atoms with Gasteiger partial charge < -0.3 is 9.52 Å². The summed E-state index contributed by atoms with van der Waals surface area (Å²) in [4.78, 5) is 23.4. The average molecular weight is 270 g/mol. The molecule has 0 aliphatic heterocycles. The lowest BCUT2D eigenvalue weighted by Crippen LogP contribution is -2.03. The van der Waals surface area contributed by atoms with Gasteiger partial charge in [-0.15, -0.1) is 0 Å². The van der Waals surface area contributed by atoms with Crippen molar-refractivity contribution in [2.24, 2.45) is 0 Å². The number of allylic oxidation sites excluding steroid dienone is 3. The average Bonchev–Trinajstić information content (AvgIpc) is 2.41. The second kappa shape index (κ2) is 5.57. The van der Waals surface area contributed by atoms with Crippen LogP contribution in [0.5, 0.6) is 5.75 Å². The zero-order valence-electron chi connectivity index (χ0n) is 11.2. The van der Waals surface area contributed by atoms with Gasteiger partial charge in [0.05, 0.1) is 22.8 Å². The minimum atomic E-state index is -0.312. The molecule has 0 spiro atoms. The number of carbonyl (C=O) groups is 1. The third-order valence-corrected chi connectivity index (χ3v) is 2.90. The van der Waals surface area contributed by atoms with Gasteiger partial charge in [0.15, 0.2) is 11.2 Å². The number of phenols is 1. The molecule has 1 aromatic carbocycles. The molecule has 4 nitrogen and oxygen atoms in total. The summed E-state index contributed by atoms with van der Waals surface area (Å²) < 4.78 is 5.32. The second-order valence-corrected chi connectivity index (χ2v) is 4.29. The van der Waals surface area contributed by atoms with E-state index in [0.29, 0.717) is 5.56 Å². The Morgan fingerprint density at radius 3 is 2.75 bits per heavy atom. The Balaban J connectivity index is 2.88. The number of fused-ring (bicyclic) bond motifs is 1. The molecule has 0 fully saturated rings. The lowest BCUT2D eigenvalue weighted by Gasteiger charge is -2.07. The van der Waals surface area contributed by atoms with E-state index in [2.05, 4.69) is 0 Å². The molecular formula is C16H14O4. The highest BCUT2D eigenvalue weighted by molar-refractivity contribution is 6.03. The van der Waals surface area contributed by atoms with Crippen LogP contribution in [0, 0.1) is 0 Å². The van der Waals surface area contributed by atoms with Crippen LogP contribution in [-0.4, -0.2) is 10.9 Å². The molecule has 102 valence electrons. The molecule has 1 heterocycles. The Hall–Kier alpha value is -2.62. The van der Waals surface area contributed by atoms with E-state index in [4.69, 9.17) is 4.42 Å². The van der Waals surface area contributed by atoms with Gasteiger partial charge in [0.2, 0.25) is 0 Å². The molecule has 4 heteroatoms. The molecule has 0 saturated carbocycles. The highest BCUT2D eigenvalue weighted by Gasteiger charge is 2.16. The van der Waals surface area contributed by atoms with Gasteiger partial charge in [0.1, 0.15) is 11.3 Å². The topological polar surface area (TPSA) is 67.5 Å². The Labute approximate surface area is 115 Å². The molecule has 1 N–H and O–H groups in total. The molecule has 0 amide bonds. The molecule has 1 aromatic heterocycles. The molecule has 0 aliphatic carbocycles. The van der Waals surface area contributed by atoms with Crippen LogP contribution >= 0.6 is 0 Å². The smallest absolute Gasteiger partial charge is 0.192 e. The van der Waals surface area contributed by atoms with Crippen molar-refractivity contribution in [1.29, 1.82) is 0 Å². The molecule has 0 atom stereocenters. The lowest BCUT2D eigenvalue weighted by molar-refractivity contribution is 0.101. The molecular weight excluding hydrogens is 256 g/mol. The van der Waals surface area contributed by atoms with E-state index in [0.717, 1.165) is 0 Å². The number of Topliss-reactive ketones (excluding diaryl/α,β-unsaturated/α-hetero) is 1. The van der Waals surface area contributed by atoms with Gasteiger partial charge in [-0.1, -0.05) is 18.2 Å². The Bertz CT molecular complexity index is 779. The number of hydrogen-bond donors (Lipinski definition) is 1. The summed E-state index contributed by atoms with van der Waals surface area (Å²) in [5.41, 5.74) is 0.440. The number of aromatic hydroxyl groups is 1. The van der Waals surface area contributed by atoms with Gasteiger partial charge in [-0.3, -0.25) is 9.59 Å². The molecule has 20 heavy (non-hydrogen) atoms. The van der Waals surface area contributed by atoms with Gasteiger partial charge in [-0.05, 0) is 26.0 Å². The zero-order valence-corrected chi connectivity index (χ0v) is 11.2. The van der Waals surface area contributed by atoms with Crippen molar-refractivity contribution in [3.8, 4) is 5.75 Å².